The molecular weight excluding hydrogens is 200 g/mol. The van der Waals surface area contributed by atoms with Crippen LogP contribution in [0.25, 0.3) is 0 Å². The molecule has 0 aliphatic heterocycles. The van der Waals surface area contributed by atoms with Crippen molar-refractivity contribution in [3.63, 3.8) is 0 Å². The zero-order valence-electron chi connectivity index (χ0n) is 8.09. The molecule has 2 rings (SSSR count). The maximum absolute atomic E-state index is 5.86. The molecule has 4 heteroatoms. The van der Waals surface area contributed by atoms with Crippen molar-refractivity contribution in [1.29, 1.82) is 0 Å². The van der Waals surface area contributed by atoms with Gasteiger partial charge in [-0.25, -0.2) is 10.9 Å². The molecule has 0 aromatic carbocycles. The zero-order chi connectivity index (χ0) is 10.2. The van der Waals surface area contributed by atoms with Crippen LogP contribution in [0.3, 0.4) is 0 Å². The van der Waals surface area contributed by atoms with E-state index in [9.17, 15) is 0 Å². The summed E-state index contributed by atoms with van der Waals surface area (Å²) in [4.78, 5) is 8.87. The second-order valence-corrected chi connectivity index (χ2v) is 4.28. The second kappa shape index (κ2) is 3.50. The molecule has 1 aliphatic rings. The van der Waals surface area contributed by atoms with Gasteiger partial charge in [0.15, 0.2) is 0 Å². The summed E-state index contributed by atoms with van der Waals surface area (Å²) < 4.78 is 0. The first kappa shape index (κ1) is 9.90. The summed E-state index contributed by atoms with van der Waals surface area (Å²) in [6.45, 7) is 2.52. The first-order chi connectivity index (χ1) is 6.68. The quantitative estimate of drug-likeness (QED) is 0.616. The molecule has 0 radical (unpaired) electrons. The summed E-state index contributed by atoms with van der Waals surface area (Å²) in [5.41, 5.74) is 2.30. The fraction of sp³-hybridized carbons (Fsp3) is 0.500. The Kier molecular flexibility index (Phi) is 2.47. The van der Waals surface area contributed by atoms with Gasteiger partial charge in [-0.05, 0) is 30.9 Å². The van der Waals surface area contributed by atoms with E-state index < -0.39 is 0 Å². The maximum atomic E-state index is 5.86. The third kappa shape index (κ3) is 1.63. The van der Waals surface area contributed by atoms with Crippen molar-refractivity contribution in [3.8, 4) is 0 Å². The molecule has 1 heterocycles. The molecule has 1 aromatic heterocycles. The Bertz CT molecular complexity index is 350. The Morgan fingerprint density at radius 2 is 2.36 bits per heavy atom. The Morgan fingerprint density at radius 1 is 1.64 bits per heavy atom. The number of aromatic nitrogens is 1. The van der Waals surface area contributed by atoms with Crippen LogP contribution in [0, 0.1) is 6.92 Å². The topological polar surface area (TPSA) is 48.1 Å². The Labute approximate surface area is 88.2 Å². The highest BCUT2D eigenvalue weighted by molar-refractivity contribution is 6.30. The van der Waals surface area contributed by atoms with E-state index in [0.717, 1.165) is 18.4 Å². The lowest BCUT2D eigenvalue weighted by molar-refractivity contribution is 0.116. The summed E-state index contributed by atoms with van der Waals surface area (Å²) in [5.74, 6) is 5.11. The first-order valence-electron chi connectivity index (χ1n) is 4.62. The van der Waals surface area contributed by atoms with Crippen molar-refractivity contribution in [2.45, 2.75) is 25.2 Å². The van der Waals surface area contributed by atoms with Gasteiger partial charge in [-0.1, -0.05) is 17.7 Å². The lowest BCUT2D eigenvalue weighted by atomic mass is 9.98. The van der Waals surface area contributed by atoms with Crippen LogP contribution in [0.5, 0.6) is 0 Å². The highest BCUT2D eigenvalue weighted by Gasteiger charge is 2.45. The van der Waals surface area contributed by atoms with Gasteiger partial charge < -0.3 is 4.84 Å². The van der Waals surface area contributed by atoms with E-state index in [0.29, 0.717) is 11.8 Å². The molecule has 14 heavy (non-hydrogen) atoms. The van der Waals surface area contributed by atoms with Crippen molar-refractivity contribution in [3.05, 3.63) is 28.5 Å². The van der Waals surface area contributed by atoms with Crippen LogP contribution in [-0.2, 0) is 10.3 Å². The molecule has 76 valence electrons. The molecule has 1 aromatic rings. The van der Waals surface area contributed by atoms with Gasteiger partial charge >= 0.3 is 0 Å². The van der Waals surface area contributed by atoms with Crippen molar-refractivity contribution in [2.24, 2.45) is 5.90 Å². The SMILES string of the molecule is Cc1cc(C2(CON)CC2)cnc1Cl. The summed E-state index contributed by atoms with van der Waals surface area (Å²) in [6.07, 6.45) is 4.06. The molecular formula is C10H13ClN2O. The largest absolute Gasteiger partial charge is 0.304 e. The molecule has 0 spiro atoms. The summed E-state index contributed by atoms with van der Waals surface area (Å²) in [6, 6.07) is 2.07. The first-order valence-corrected chi connectivity index (χ1v) is 5.00. The Hall–Kier alpha value is -0.640. The molecule has 0 unspecified atom stereocenters. The Morgan fingerprint density at radius 3 is 2.86 bits per heavy atom. The summed E-state index contributed by atoms with van der Waals surface area (Å²) >= 11 is 5.86. The van der Waals surface area contributed by atoms with Crippen molar-refractivity contribution in [2.75, 3.05) is 6.61 Å². The molecule has 0 atom stereocenters. The van der Waals surface area contributed by atoms with E-state index in [4.69, 9.17) is 22.3 Å². The summed E-state index contributed by atoms with van der Waals surface area (Å²) in [7, 11) is 0. The highest BCUT2D eigenvalue weighted by atomic mass is 35.5. The minimum atomic E-state index is 0.108. The number of hydrogen-bond donors (Lipinski definition) is 1. The molecule has 3 nitrogen and oxygen atoms in total. The minimum Gasteiger partial charge on any atom is -0.304 e. The van der Waals surface area contributed by atoms with Crippen LogP contribution in [-0.4, -0.2) is 11.6 Å². The van der Waals surface area contributed by atoms with Crippen molar-refractivity contribution in [1.82, 2.24) is 4.98 Å². The van der Waals surface area contributed by atoms with E-state index in [1.807, 2.05) is 13.1 Å². The lowest BCUT2D eigenvalue weighted by Crippen LogP contribution is -2.18. The van der Waals surface area contributed by atoms with E-state index in [1.165, 1.54) is 5.56 Å². The molecule has 2 N–H and O–H groups in total. The summed E-state index contributed by atoms with van der Waals surface area (Å²) in [5, 5.41) is 0.568. The number of halogens is 1. The third-order valence-corrected chi connectivity index (χ3v) is 3.24. The van der Waals surface area contributed by atoms with E-state index >= 15 is 0 Å². The van der Waals surface area contributed by atoms with Gasteiger partial charge in [-0.15, -0.1) is 0 Å². The van der Waals surface area contributed by atoms with E-state index in [1.54, 1.807) is 0 Å². The van der Waals surface area contributed by atoms with E-state index in [2.05, 4.69) is 11.1 Å². The van der Waals surface area contributed by atoms with Gasteiger partial charge in [0.25, 0.3) is 0 Å². The predicted octanol–water partition coefficient (Wildman–Crippen LogP) is 1.97. The van der Waals surface area contributed by atoms with Gasteiger partial charge in [0.1, 0.15) is 5.15 Å². The minimum absolute atomic E-state index is 0.108. The van der Waals surface area contributed by atoms with Gasteiger partial charge in [0.05, 0.1) is 6.61 Å². The van der Waals surface area contributed by atoms with Gasteiger partial charge in [-0.2, -0.15) is 0 Å². The second-order valence-electron chi connectivity index (χ2n) is 3.92. The van der Waals surface area contributed by atoms with E-state index in [-0.39, 0.29) is 5.41 Å². The lowest BCUT2D eigenvalue weighted by Gasteiger charge is -2.14. The number of nitrogens with zero attached hydrogens (tertiary/aromatic N) is 1. The van der Waals surface area contributed by atoms with Crippen LogP contribution in [0.15, 0.2) is 12.3 Å². The molecule has 1 saturated carbocycles. The number of nitrogens with two attached hydrogens (primary N) is 1. The monoisotopic (exact) mass is 212 g/mol. The highest BCUT2D eigenvalue weighted by Crippen LogP contribution is 2.48. The van der Waals surface area contributed by atoms with Crippen molar-refractivity contribution >= 4 is 11.6 Å². The number of rotatable bonds is 3. The Balaban J connectivity index is 2.28. The number of hydrogen-bond acceptors (Lipinski definition) is 3. The average molecular weight is 213 g/mol. The third-order valence-electron chi connectivity index (χ3n) is 2.84. The average Bonchev–Trinajstić information content (AvgIpc) is 2.91. The molecule has 0 saturated heterocycles. The number of pyridine rings is 1. The van der Waals surface area contributed by atoms with Crippen molar-refractivity contribution < 1.29 is 4.84 Å². The van der Waals surface area contributed by atoms with Gasteiger partial charge in [0.2, 0.25) is 0 Å². The van der Waals surface area contributed by atoms with Crippen LogP contribution < -0.4 is 5.90 Å². The smallest absolute Gasteiger partial charge is 0.131 e. The fourth-order valence-electron chi connectivity index (χ4n) is 1.67. The molecule has 1 fully saturated rings. The standard InChI is InChI=1S/C10H13ClN2O/c1-7-4-8(5-13-9(7)11)10(2-3-10)6-14-12/h4-5H,2-3,6,12H2,1H3. The molecule has 1 aliphatic carbocycles. The van der Waals surface area contributed by atoms with Crippen LogP contribution in [0.4, 0.5) is 0 Å². The normalized spacial score (nSPS) is 18.2. The molecule has 0 bridgehead atoms. The van der Waals surface area contributed by atoms with Crippen LogP contribution >= 0.6 is 11.6 Å². The molecule has 0 amide bonds. The fourth-order valence-corrected chi connectivity index (χ4v) is 1.78. The maximum Gasteiger partial charge on any atom is 0.131 e. The number of aryl methyl sites for hydroxylation is 1. The van der Waals surface area contributed by atoms with Crippen LogP contribution in [0.2, 0.25) is 5.15 Å². The predicted molar refractivity (Wildman–Crippen MR) is 55.0 cm³/mol. The van der Waals surface area contributed by atoms with Crippen LogP contribution in [0.1, 0.15) is 24.0 Å². The zero-order valence-corrected chi connectivity index (χ0v) is 8.84. The van der Waals surface area contributed by atoms with Gasteiger partial charge in [0, 0.05) is 11.6 Å². The van der Waals surface area contributed by atoms with Gasteiger partial charge in [-0.3, -0.25) is 0 Å².